The molecule has 1 N–H and O–H groups in total. The molecule has 110 valence electrons. The molecule has 3 nitrogen and oxygen atoms in total. The lowest BCUT2D eigenvalue weighted by Gasteiger charge is -2.12. The van der Waals surface area contributed by atoms with Gasteiger partial charge in [-0.05, 0) is 67.9 Å². The smallest absolute Gasteiger partial charge is 0.127 e. The lowest BCUT2D eigenvalue weighted by Crippen LogP contribution is -2.28. The van der Waals surface area contributed by atoms with Crippen LogP contribution >= 0.6 is 11.6 Å². The predicted molar refractivity (Wildman–Crippen MR) is 84.5 cm³/mol. The van der Waals surface area contributed by atoms with Crippen molar-refractivity contribution < 1.29 is 9.47 Å². The highest BCUT2D eigenvalue weighted by molar-refractivity contribution is 6.30. The van der Waals surface area contributed by atoms with Gasteiger partial charge in [-0.1, -0.05) is 11.6 Å². The second-order valence-electron chi connectivity index (χ2n) is 5.13. The minimum Gasteiger partial charge on any atom is -0.492 e. The van der Waals surface area contributed by atoms with Gasteiger partial charge in [0.2, 0.25) is 0 Å². The molecule has 0 amide bonds. The molecule has 0 bridgehead atoms. The minimum atomic E-state index is 0.481. The number of nitrogens with one attached hydrogen (secondary N) is 1. The third-order valence-electron chi connectivity index (χ3n) is 3.49. The summed E-state index contributed by atoms with van der Waals surface area (Å²) in [6, 6.07) is 15.5. The number of hydrogen-bond donors (Lipinski definition) is 1. The van der Waals surface area contributed by atoms with Crippen molar-refractivity contribution in [3.8, 4) is 17.2 Å². The highest BCUT2D eigenvalue weighted by Gasteiger charge is 2.14. The van der Waals surface area contributed by atoms with Crippen LogP contribution in [0.25, 0.3) is 0 Å². The molecule has 21 heavy (non-hydrogen) atoms. The number of hydrogen-bond acceptors (Lipinski definition) is 3. The summed E-state index contributed by atoms with van der Waals surface area (Å²) in [4.78, 5) is 0. The van der Waals surface area contributed by atoms with Crippen molar-refractivity contribution in [2.45, 2.75) is 18.9 Å². The normalized spacial score (nSPS) is 17.7. The molecule has 1 atom stereocenters. The van der Waals surface area contributed by atoms with E-state index in [1.54, 1.807) is 0 Å². The Balaban J connectivity index is 1.54. The maximum Gasteiger partial charge on any atom is 0.127 e. The molecule has 0 aromatic heterocycles. The summed E-state index contributed by atoms with van der Waals surface area (Å²) in [6.07, 6.45) is 2.43. The molecule has 2 aromatic rings. The zero-order valence-corrected chi connectivity index (χ0v) is 12.5. The Hall–Kier alpha value is -1.71. The molecule has 4 heteroatoms. The fraction of sp³-hybridized carbons (Fsp3) is 0.294. The van der Waals surface area contributed by atoms with Crippen LogP contribution in [-0.2, 0) is 0 Å². The molecule has 1 saturated heterocycles. The third-order valence-corrected chi connectivity index (χ3v) is 3.74. The summed E-state index contributed by atoms with van der Waals surface area (Å²) in [5.74, 6) is 2.42. The Morgan fingerprint density at radius 3 is 2.19 bits per heavy atom. The van der Waals surface area contributed by atoms with Crippen LogP contribution < -0.4 is 14.8 Å². The zero-order chi connectivity index (χ0) is 14.5. The van der Waals surface area contributed by atoms with Crippen molar-refractivity contribution in [2.24, 2.45) is 0 Å². The summed E-state index contributed by atoms with van der Waals surface area (Å²) >= 11 is 5.85. The number of halogens is 1. The molecule has 0 radical (unpaired) electrons. The van der Waals surface area contributed by atoms with Crippen molar-refractivity contribution in [3.05, 3.63) is 53.6 Å². The second-order valence-corrected chi connectivity index (χ2v) is 5.57. The van der Waals surface area contributed by atoms with Crippen LogP contribution in [0.3, 0.4) is 0 Å². The van der Waals surface area contributed by atoms with Crippen LogP contribution in [0, 0.1) is 0 Å². The average Bonchev–Trinajstić information content (AvgIpc) is 3.02. The Morgan fingerprint density at radius 1 is 0.952 bits per heavy atom. The molecular weight excluding hydrogens is 286 g/mol. The molecule has 2 aromatic carbocycles. The lowest BCUT2D eigenvalue weighted by molar-refractivity contribution is 0.277. The van der Waals surface area contributed by atoms with E-state index in [9.17, 15) is 0 Å². The molecule has 1 fully saturated rings. The van der Waals surface area contributed by atoms with Crippen LogP contribution in [0.5, 0.6) is 17.2 Å². The number of ether oxygens (including phenoxy) is 2. The Bertz CT molecular complexity index is 562. The van der Waals surface area contributed by atoms with E-state index in [1.807, 2.05) is 48.5 Å². The van der Waals surface area contributed by atoms with Gasteiger partial charge in [0.1, 0.15) is 23.9 Å². The standard InChI is InChI=1S/C17H18ClNO2/c18-13-3-5-16(6-4-13)21-17-9-7-15(8-10-17)20-12-14-2-1-11-19-14/h3-10,14,19H,1-2,11-12H2/t14-/m0/s1. The van der Waals surface area contributed by atoms with Gasteiger partial charge < -0.3 is 14.8 Å². The molecule has 1 aliphatic heterocycles. The first kappa shape index (κ1) is 14.2. The first-order valence-electron chi connectivity index (χ1n) is 7.19. The maximum atomic E-state index is 5.85. The molecule has 3 rings (SSSR count). The number of rotatable bonds is 5. The van der Waals surface area contributed by atoms with Crippen LogP contribution in [0.15, 0.2) is 48.5 Å². The van der Waals surface area contributed by atoms with Gasteiger partial charge in [-0.25, -0.2) is 0 Å². The van der Waals surface area contributed by atoms with Gasteiger partial charge in [-0.15, -0.1) is 0 Å². The van der Waals surface area contributed by atoms with Gasteiger partial charge in [-0.2, -0.15) is 0 Å². The van der Waals surface area contributed by atoms with E-state index < -0.39 is 0 Å². The van der Waals surface area contributed by atoms with Crippen LogP contribution in [0.1, 0.15) is 12.8 Å². The van der Waals surface area contributed by atoms with E-state index in [0.717, 1.165) is 30.4 Å². The molecule has 0 unspecified atom stereocenters. The van der Waals surface area contributed by atoms with Crippen LogP contribution in [-0.4, -0.2) is 19.2 Å². The van der Waals surface area contributed by atoms with Gasteiger partial charge in [0.25, 0.3) is 0 Å². The van der Waals surface area contributed by atoms with E-state index in [2.05, 4.69) is 5.32 Å². The van der Waals surface area contributed by atoms with Crippen LogP contribution in [0.4, 0.5) is 0 Å². The number of benzene rings is 2. The lowest BCUT2D eigenvalue weighted by atomic mass is 10.2. The molecule has 1 aliphatic rings. The van der Waals surface area contributed by atoms with Gasteiger partial charge in [0.05, 0.1) is 0 Å². The fourth-order valence-electron chi connectivity index (χ4n) is 2.34. The highest BCUT2D eigenvalue weighted by Crippen LogP contribution is 2.25. The first-order chi connectivity index (χ1) is 10.3. The molecule has 1 heterocycles. The fourth-order valence-corrected chi connectivity index (χ4v) is 2.46. The summed E-state index contributed by atoms with van der Waals surface area (Å²) in [6.45, 7) is 1.82. The Labute approximate surface area is 129 Å². The molecule has 0 aliphatic carbocycles. The minimum absolute atomic E-state index is 0.481. The summed E-state index contributed by atoms with van der Waals surface area (Å²) < 4.78 is 11.5. The third kappa shape index (κ3) is 4.13. The van der Waals surface area contributed by atoms with Crippen molar-refractivity contribution >= 4 is 11.6 Å². The van der Waals surface area contributed by atoms with Gasteiger partial charge in [-0.3, -0.25) is 0 Å². The monoisotopic (exact) mass is 303 g/mol. The SMILES string of the molecule is Clc1ccc(Oc2ccc(OC[C@@H]3CCCN3)cc2)cc1. The first-order valence-corrected chi connectivity index (χ1v) is 7.57. The van der Waals surface area contributed by atoms with E-state index >= 15 is 0 Å². The molecular formula is C17H18ClNO2. The molecule has 0 saturated carbocycles. The van der Waals surface area contributed by atoms with Gasteiger partial charge >= 0.3 is 0 Å². The Kier molecular flexibility index (Phi) is 4.63. The van der Waals surface area contributed by atoms with Gasteiger partial charge in [0.15, 0.2) is 0 Å². The summed E-state index contributed by atoms with van der Waals surface area (Å²) in [7, 11) is 0. The van der Waals surface area contributed by atoms with Crippen molar-refractivity contribution in [1.29, 1.82) is 0 Å². The highest BCUT2D eigenvalue weighted by atomic mass is 35.5. The maximum absolute atomic E-state index is 5.85. The average molecular weight is 304 g/mol. The zero-order valence-electron chi connectivity index (χ0n) is 11.7. The predicted octanol–water partition coefficient (Wildman–Crippen LogP) is 4.26. The van der Waals surface area contributed by atoms with Gasteiger partial charge in [0, 0.05) is 11.1 Å². The Morgan fingerprint density at radius 2 is 1.57 bits per heavy atom. The summed E-state index contributed by atoms with van der Waals surface area (Å²) in [5.41, 5.74) is 0. The van der Waals surface area contributed by atoms with Crippen molar-refractivity contribution in [2.75, 3.05) is 13.2 Å². The topological polar surface area (TPSA) is 30.5 Å². The van der Waals surface area contributed by atoms with E-state index in [0.29, 0.717) is 11.1 Å². The second kappa shape index (κ2) is 6.83. The van der Waals surface area contributed by atoms with E-state index in [-0.39, 0.29) is 0 Å². The largest absolute Gasteiger partial charge is 0.492 e. The van der Waals surface area contributed by atoms with Crippen LogP contribution in [0.2, 0.25) is 5.02 Å². The quantitative estimate of drug-likeness (QED) is 0.895. The van der Waals surface area contributed by atoms with Crippen molar-refractivity contribution in [1.82, 2.24) is 5.32 Å². The summed E-state index contributed by atoms with van der Waals surface area (Å²) in [5, 5.41) is 4.12. The van der Waals surface area contributed by atoms with Crippen molar-refractivity contribution in [3.63, 3.8) is 0 Å². The van der Waals surface area contributed by atoms with E-state index in [1.165, 1.54) is 12.8 Å². The molecule has 0 spiro atoms. The van der Waals surface area contributed by atoms with E-state index in [4.69, 9.17) is 21.1 Å².